The Morgan fingerprint density at radius 3 is 2.18 bits per heavy atom. The van der Waals surface area contributed by atoms with Crippen LogP contribution in [-0.4, -0.2) is 33.7 Å². The van der Waals surface area contributed by atoms with E-state index in [1.54, 1.807) is 0 Å². The third-order valence-electron chi connectivity index (χ3n) is 0.594. The van der Waals surface area contributed by atoms with E-state index >= 15 is 0 Å². The van der Waals surface area contributed by atoms with E-state index < -0.39 is 26.4 Å². The van der Waals surface area contributed by atoms with Crippen LogP contribution < -0.4 is 5.32 Å². The molecule has 0 aliphatic heterocycles. The fraction of sp³-hybridized carbons (Fsp3) is 0.667. The van der Waals surface area contributed by atoms with Crippen molar-refractivity contribution in [3.8, 4) is 0 Å². The van der Waals surface area contributed by atoms with Crippen LogP contribution in [0.1, 0.15) is 0 Å². The van der Waals surface area contributed by atoms with Crippen molar-refractivity contribution in [2.24, 2.45) is 0 Å². The minimum atomic E-state index is -4.10. The van der Waals surface area contributed by atoms with E-state index in [1.165, 1.54) is 0 Å². The molecule has 0 atom stereocenters. The standard InChI is InChI=1S/C3H8NO5P.Zn/c5-3(6)1-4-2-10(7,8)9;/h4H,1-2H2,(H,5,6)(H2,7,8,9);/q;+2. The van der Waals surface area contributed by atoms with Gasteiger partial charge in [-0.2, -0.15) is 0 Å². The summed E-state index contributed by atoms with van der Waals surface area (Å²) in [6.07, 6.45) is -0.598. The zero-order chi connectivity index (χ0) is 8.20. The number of carbonyl (C=O) groups is 1. The SMILES string of the molecule is O=C(O)CNCP(=O)(O)O.[Zn+2]. The van der Waals surface area contributed by atoms with Gasteiger partial charge in [-0.05, 0) is 0 Å². The van der Waals surface area contributed by atoms with E-state index in [2.05, 4.69) is 5.32 Å². The van der Waals surface area contributed by atoms with Crippen LogP contribution in [0.2, 0.25) is 0 Å². The Morgan fingerprint density at radius 1 is 1.45 bits per heavy atom. The second-order valence-electron chi connectivity index (χ2n) is 1.64. The first kappa shape index (κ1) is 13.8. The average molecular weight is 234 g/mol. The van der Waals surface area contributed by atoms with Gasteiger partial charge < -0.3 is 14.9 Å². The fourth-order valence-electron chi connectivity index (χ4n) is 0.308. The van der Waals surface area contributed by atoms with Crippen LogP contribution >= 0.6 is 7.60 Å². The van der Waals surface area contributed by atoms with Crippen molar-refractivity contribution < 1.29 is 43.7 Å². The minimum Gasteiger partial charge on any atom is -0.480 e. The van der Waals surface area contributed by atoms with Gasteiger partial charge in [0.2, 0.25) is 0 Å². The molecule has 60 valence electrons. The van der Waals surface area contributed by atoms with Gasteiger partial charge in [0, 0.05) is 0 Å². The van der Waals surface area contributed by atoms with E-state index in [-0.39, 0.29) is 19.5 Å². The van der Waals surface area contributed by atoms with E-state index in [4.69, 9.17) is 14.9 Å². The summed E-state index contributed by atoms with van der Waals surface area (Å²) in [6.45, 7) is -0.439. The molecular formula is C3H8NO5PZn+2. The molecule has 0 radical (unpaired) electrons. The molecule has 0 saturated carbocycles. The van der Waals surface area contributed by atoms with E-state index in [0.29, 0.717) is 0 Å². The van der Waals surface area contributed by atoms with Gasteiger partial charge in [-0.25, -0.2) is 0 Å². The summed E-state index contributed by atoms with van der Waals surface area (Å²) in [5.41, 5.74) is 0. The predicted molar refractivity (Wildman–Crippen MR) is 32.5 cm³/mol. The fourth-order valence-corrected chi connectivity index (χ4v) is 0.712. The zero-order valence-corrected chi connectivity index (χ0v) is 9.59. The summed E-state index contributed by atoms with van der Waals surface area (Å²) in [5, 5.41) is 10.1. The van der Waals surface area contributed by atoms with Gasteiger partial charge in [-0.3, -0.25) is 14.7 Å². The quantitative estimate of drug-likeness (QED) is 0.359. The molecule has 0 rings (SSSR count). The van der Waals surface area contributed by atoms with Crippen molar-refractivity contribution in [3.63, 3.8) is 0 Å². The van der Waals surface area contributed by atoms with Crippen LogP contribution in [-0.2, 0) is 28.8 Å². The van der Waals surface area contributed by atoms with Gasteiger partial charge >= 0.3 is 33.0 Å². The molecule has 0 fully saturated rings. The van der Waals surface area contributed by atoms with Gasteiger partial charge in [0.1, 0.15) is 0 Å². The van der Waals surface area contributed by atoms with Crippen molar-refractivity contribution in [2.45, 2.75) is 0 Å². The van der Waals surface area contributed by atoms with Crippen LogP contribution in [0.25, 0.3) is 0 Å². The molecule has 0 spiro atoms. The Morgan fingerprint density at radius 2 is 1.91 bits per heavy atom. The molecule has 0 saturated heterocycles. The summed E-state index contributed by atoms with van der Waals surface area (Å²) in [6, 6.07) is 0. The first-order valence-electron chi connectivity index (χ1n) is 2.39. The molecule has 0 bridgehead atoms. The van der Waals surface area contributed by atoms with Gasteiger partial charge in [0.05, 0.1) is 12.8 Å². The molecular weight excluding hydrogens is 226 g/mol. The molecule has 0 aromatic rings. The van der Waals surface area contributed by atoms with Crippen molar-refractivity contribution >= 4 is 13.6 Å². The maximum Gasteiger partial charge on any atom is 2.00 e. The molecule has 0 aliphatic carbocycles. The predicted octanol–water partition coefficient (Wildman–Crippen LogP) is -1.21. The number of carboxylic acids is 1. The summed E-state index contributed by atoms with van der Waals surface area (Å²) >= 11 is 0. The van der Waals surface area contributed by atoms with Crippen LogP contribution in [0.4, 0.5) is 0 Å². The molecule has 0 aromatic heterocycles. The van der Waals surface area contributed by atoms with E-state index in [1.807, 2.05) is 0 Å². The summed E-state index contributed by atoms with van der Waals surface area (Å²) in [5.74, 6) is -1.14. The molecule has 0 aromatic carbocycles. The smallest absolute Gasteiger partial charge is 0.480 e. The minimum absolute atomic E-state index is 0. The molecule has 6 nitrogen and oxygen atoms in total. The second-order valence-corrected chi connectivity index (χ2v) is 3.29. The van der Waals surface area contributed by atoms with Gasteiger partial charge in [0.25, 0.3) is 0 Å². The van der Waals surface area contributed by atoms with E-state index in [9.17, 15) is 9.36 Å². The van der Waals surface area contributed by atoms with Crippen molar-refractivity contribution in [3.05, 3.63) is 0 Å². The van der Waals surface area contributed by atoms with Gasteiger partial charge in [-0.15, -0.1) is 0 Å². The van der Waals surface area contributed by atoms with Gasteiger partial charge in [-0.1, -0.05) is 0 Å². The number of hydrogen-bond donors (Lipinski definition) is 4. The first-order chi connectivity index (χ1) is 4.42. The van der Waals surface area contributed by atoms with Crippen molar-refractivity contribution in [2.75, 3.05) is 12.8 Å². The molecule has 0 heterocycles. The molecule has 11 heavy (non-hydrogen) atoms. The zero-order valence-electron chi connectivity index (χ0n) is 5.73. The molecule has 4 N–H and O–H groups in total. The van der Waals surface area contributed by atoms with Crippen LogP contribution in [0.15, 0.2) is 0 Å². The third kappa shape index (κ3) is 13.2. The number of hydrogen-bond acceptors (Lipinski definition) is 3. The average Bonchev–Trinajstić information content (AvgIpc) is 1.59. The van der Waals surface area contributed by atoms with Crippen molar-refractivity contribution in [1.29, 1.82) is 0 Å². The summed E-state index contributed by atoms with van der Waals surface area (Å²) in [7, 11) is -4.10. The molecule has 0 amide bonds. The first-order valence-corrected chi connectivity index (χ1v) is 4.18. The topological polar surface area (TPSA) is 107 Å². The second kappa shape index (κ2) is 5.80. The summed E-state index contributed by atoms with van der Waals surface area (Å²) in [4.78, 5) is 26.1. The monoisotopic (exact) mass is 233 g/mol. The largest absolute Gasteiger partial charge is 2.00 e. The normalized spacial score (nSPS) is 10.4. The maximum atomic E-state index is 10.1. The van der Waals surface area contributed by atoms with Crippen LogP contribution in [0.3, 0.4) is 0 Å². The Hall–Kier alpha value is 0.203. The van der Waals surface area contributed by atoms with E-state index in [0.717, 1.165) is 0 Å². The molecule has 0 aliphatic rings. The Bertz CT molecular complexity index is 167. The molecule has 0 unspecified atom stereocenters. The van der Waals surface area contributed by atoms with Crippen LogP contribution in [0, 0.1) is 0 Å². The Labute approximate surface area is 75.9 Å². The maximum absolute atomic E-state index is 10.1. The Kier molecular flexibility index (Phi) is 7.26. The third-order valence-corrected chi connectivity index (χ3v) is 1.23. The van der Waals surface area contributed by atoms with Gasteiger partial charge in [0.15, 0.2) is 0 Å². The Balaban J connectivity index is 0. The number of rotatable bonds is 4. The number of aliphatic carboxylic acids is 1. The summed E-state index contributed by atoms with van der Waals surface area (Å²) < 4.78 is 10.1. The van der Waals surface area contributed by atoms with Crippen LogP contribution in [0.5, 0.6) is 0 Å². The number of carboxylic acid groups (broad SMARTS) is 1. The van der Waals surface area contributed by atoms with Crippen molar-refractivity contribution in [1.82, 2.24) is 5.32 Å². The number of nitrogens with one attached hydrogen (secondary N) is 1. The molecule has 8 heteroatoms.